The number of anilines is 4. The first-order valence-corrected chi connectivity index (χ1v) is 10.7. The molecule has 7 heteroatoms. The van der Waals surface area contributed by atoms with E-state index in [0.29, 0.717) is 16.3 Å². The Bertz CT molecular complexity index is 1360. The second-order valence-corrected chi connectivity index (χ2v) is 8.06. The van der Waals surface area contributed by atoms with Gasteiger partial charge in [0, 0.05) is 40.3 Å². The van der Waals surface area contributed by atoms with Crippen LogP contribution in [0.25, 0.3) is 0 Å². The molecule has 0 radical (unpaired) electrons. The number of ketones is 1. The van der Waals surface area contributed by atoms with Gasteiger partial charge in [-0.25, -0.2) is 9.18 Å². The Hall–Kier alpha value is -4.16. The van der Waals surface area contributed by atoms with Crippen molar-refractivity contribution in [2.45, 2.75) is 0 Å². The smallest absolute Gasteiger partial charge is 0.335 e. The second kappa shape index (κ2) is 9.77. The fraction of sp³-hybridized carbons (Fsp3) is 0.0370. The van der Waals surface area contributed by atoms with Crippen LogP contribution < -0.4 is 10.2 Å². The Morgan fingerprint density at radius 2 is 1.41 bits per heavy atom. The van der Waals surface area contributed by atoms with Crippen molar-refractivity contribution in [2.75, 3.05) is 17.3 Å². The zero-order valence-electron chi connectivity index (χ0n) is 18.1. The average molecular weight is 475 g/mol. The van der Waals surface area contributed by atoms with Crippen LogP contribution in [0.5, 0.6) is 0 Å². The van der Waals surface area contributed by atoms with Crippen LogP contribution in [0.4, 0.5) is 27.1 Å². The van der Waals surface area contributed by atoms with Gasteiger partial charge in [-0.3, -0.25) is 4.79 Å². The molecule has 0 aliphatic rings. The Kier molecular flexibility index (Phi) is 6.61. The minimum Gasteiger partial charge on any atom is -0.478 e. The van der Waals surface area contributed by atoms with Crippen LogP contribution in [0.2, 0.25) is 5.02 Å². The maximum absolute atomic E-state index is 14.0. The number of benzene rings is 4. The van der Waals surface area contributed by atoms with Crippen molar-refractivity contribution in [1.82, 2.24) is 0 Å². The molecule has 4 aromatic carbocycles. The average Bonchev–Trinajstić information content (AvgIpc) is 2.85. The summed E-state index contributed by atoms with van der Waals surface area (Å²) in [5.74, 6) is -2.02. The molecule has 0 aliphatic heterocycles. The molecule has 0 aliphatic carbocycles. The molecule has 4 aromatic rings. The van der Waals surface area contributed by atoms with Crippen molar-refractivity contribution >= 4 is 46.1 Å². The number of carboxylic acids is 1. The lowest BCUT2D eigenvalue weighted by atomic mass is 10.00. The lowest BCUT2D eigenvalue weighted by molar-refractivity contribution is 0.0697. The van der Waals surface area contributed by atoms with Gasteiger partial charge < -0.3 is 15.3 Å². The molecule has 0 atom stereocenters. The summed E-state index contributed by atoms with van der Waals surface area (Å²) in [6.07, 6.45) is 0. The maximum Gasteiger partial charge on any atom is 0.335 e. The van der Waals surface area contributed by atoms with Crippen LogP contribution in [0.1, 0.15) is 26.3 Å². The van der Waals surface area contributed by atoms with E-state index in [1.165, 1.54) is 30.3 Å². The minimum absolute atomic E-state index is 0.0798. The van der Waals surface area contributed by atoms with E-state index in [-0.39, 0.29) is 22.6 Å². The number of rotatable bonds is 7. The Labute approximate surface area is 201 Å². The summed E-state index contributed by atoms with van der Waals surface area (Å²) in [4.78, 5) is 26.7. The SMILES string of the molecule is CN(c1ccc(Cl)cc1)c1ccc(C(=O)c2cc(Nc3ccccc3F)cc(C(=O)O)c2)cc1. The first kappa shape index (κ1) is 23.0. The highest BCUT2D eigenvalue weighted by molar-refractivity contribution is 6.30. The van der Waals surface area contributed by atoms with Crippen molar-refractivity contribution in [3.05, 3.63) is 119 Å². The fourth-order valence-electron chi connectivity index (χ4n) is 3.49. The molecule has 0 aromatic heterocycles. The molecule has 2 N–H and O–H groups in total. The molecule has 0 heterocycles. The van der Waals surface area contributed by atoms with Gasteiger partial charge in [0.15, 0.2) is 5.78 Å². The van der Waals surface area contributed by atoms with Crippen LogP contribution in [0.3, 0.4) is 0 Å². The Morgan fingerprint density at radius 1 is 0.824 bits per heavy atom. The Morgan fingerprint density at radius 3 is 2.03 bits per heavy atom. The van der Waals surface area contributed by atoms with Crippen LogP contribution in [-0.4, -0.2) is 23.9 Å². The first-order chi connectivity index (χ1) is 16.3. The topological polar surface area (TPSA) is 69.6 Å². The number of carbonyl (C=O) groups excluding carboxylic acids is 1. The molecular formula is C27H20ClFN2O3. The van der Waals surface area contributed by atoms with Crippen molar-refractivity contribution in [3.63, 3.8) is 0 Å². The van der Waals surface area contributed by atoms with E-state index in [1.54, 1.807) is 48.5 Å². The minimum atomic E-state index is -1.19. The van der Waals surface area contributed by atoms with Crippen LogP contribution in [-0.2, 0) is 0 Å². The predicted octanol–water partition coefficient (Wildman–Crippen LogP) is 6.92. The zero-order valence-corrected chi connectivity index (χ0v) is 18.9. The summed E-state index contributed by atoms with van der Waals surface area (Å²) in [5, 5.41) is 13.0. The summed E-state index contributed by atoms with van der Waals surface area (Å²) < 4.78 is 14.0. The van der Waals surface area contributed by atoms with Gasteiger partial charge in [0.1, 0.15) is 5.82 Å². The van der Waals surface area contributed by atoms with Gasteiger partial charge in [0.2, 0.25) is 0 Å². The molecule has 0 spiro atoms. The van der Waals surface area contributed by atoms with Gasteiger partial charge >= 0.3 is 5.97 Å². The summed E-state index contributed by atoms with van der Waals surface area (Å²) >= 11 is 5.96. The number of nitrogens with one attached hydrogen (secondary N) is 1. The normalized spacial score (nSPS) is 10.6. The molecule has 0 bridgehead atoms. The number of carboxylic acid groups (broad SMARTS) is 1. The molecule has 0 saturated carbocycles. The van der Waals surface area contributed by atoms with Gasteiger partial charge in [-0.05, 0) is 78.9 Å². The van der Waals surface area contributed by atoms with Gasteiger partial charge in [-0.15, -0.1) is 0 Å². The van der Waals surface area contributed by atoms with Gasteiger partial charge in [-0.1, -0.05) is 23.7 Å². The largest absolute Gasteiger partial charge is 0.478 e. The zero-order chi connectivity index (χ0) is 24.2. The molecule has 5 nitrogen and oxygen atoms in total. The number of nitrogens with zero attached hydrogens (tertiary/aromatic N) is 1. The van der Waals surface area contributed by atoms with Crippen molar-refractivity contribution in [3.8, 4) is 0 Å². The highest BCUT2D eigenvalue weighted by atomic mass is 35.5. The predicted molar refractivity (Wildman–Crippen MR) is 132 cm³/mol. The molecule has 34 heavy (non-hydrogen) atoms. The highest BCUT2D eigenvalue weighted by Crippen LogP contribution is 2.27. The van der Waals surface area contributed by atoms with Crippen LogP contribution in [0.15, 0.2) is 91.0 Å². The third kappa shape index (κ3) is 5.08. The van der Waals surface area contributed by atoms with Crippen molar-refractivity contribution in [2.24, 2.45) is 0 Å². The number of para-hydroxylation sites is 1. The van der Waals surface area contributed by atoms with Gasteiger partial charge in [0.05, 0.1) is 11.3 Å². The van der Waals surface area contributed by atoms with Crippen LogP contribution >= 0.6 is 11.6 Å². The van der Waals surface area contributed by atoms with Gasteiger partial charge in [0.25, 0.3) is 0 Å². The first-order valence-electron chi connectivity index (χ1n) is 10.4. The molecule has 0 unspecified atom stereocenters. The maximum atomic E-state index is 14.0. The lowest BCUT2D eigenvalue weighted by Crippen LogP contribution is -2.10. The van der Waals surface area contributed by atoms with Gasteiger partial charge in [-0.2, -0.15) is 0 Å². The van der Waals surface area contributed by atoms with E-state index in [1.807, 2.05) is 24.1 Å². The molecule has 0 saturated heterocycles. The lowest BCUT2D eigenvalue weighted by Gasteiger charge is -2.20. The summed E-state index contributed by atoms with van der Waals surface area (Å²) in [5.41, 5.74) is 2.76. The number of hydrogen-bond acceptors (Lipinski definition) is 4. The summed E-state index contributed by atoms with van der Waals surface area (Å²) in [6, 6.07) is 24.6. The van der Waals surface area contributed by atoms with E-state index >= 15 is 0 Å². The van der Waals surface area contributed by atoms with E-state index in [9.17, 15) is 19.1 Å². The van der Waals surface area contributed by atoms with E-state index in [0.717, 1.165) is 11.4 Å². The summed E-state index contributed by atoms with van der Waals surface area (Å²) in [6.45, 7) is 0. The number of carbonyl (C=O) groups is 2. The molecule has 170 valence electrons. The van der Waals surface area contributed by atoms with E-state index in [2.05, 4.69) is 5.32 Å². The molecule has 4 rings (SSSR count). The monoisotopic (exact) mass is 474 g/mol. The van der Waals surface area contributed by atoms with Crippen molar-refractivity contribution in [1.29, 1.82) is 0 Å². The second-order valence-electron chi connectivity index (χ2n) is 7.62. The molecule has 0 fully saturated rings. The molecular weight excluding hydrogens is 455 g/mol. The number of hydrogen-bond donors (Lipinski definition) is 2. The Balaban J connectivity index is 1.61. The van der Waals surface area contributed by atoms with E-state index < -0.39 is 11.8 Å². The highest BCUT2D eigenvalue weighted by Gasteiger charge is 2.16. The summed E-state index contributed by atoms with van der Waals surface area (Å²) in [7, 11) is 1.90. The third-order valence-electron chi connectivity index (χ3n) is 5.33. The number of aromatic carboxylic acids is 1. The van der Waals surface area contributed by atoms with Crippen LogP contribution in [0, 0.1) is 5.82 Å². The standard InChI is InChI=1S/C27H20ClFN2O3/c1-31(23-12-8-20(28)9-13-23)22-10-6-17(7-11-22)26(32)18-14-19(27(33)34)16-21(15-18)30-25-5-3-2-4-24(25)29/h2-16,30H,1H3,(H,33,34). The third-order valence-corrected chi connectivity index (χ3v) is 5.58. The quantitative estimate of drug-likeness (QED) is 0.284. The molecule has 0 amide bonds. The van der Waals surface area contributed by atoms with E-state index in [4.69, 9.17) is 11.6 Å². The number of halogens is 2. The fourth-order valence-corrected chi connectivity index (χ4v) is 3.62. The van der Waals surface area contributed by atoms with Crippen molar-refractivity contribution < 1.29 is 19.1 Å².